The second-order valence-corrected chi connectivity index (χ2v) is 4.51. The molecule has 20 heavy (non-hydrogen) atoms. The summed E-state index contributed by atoms with van der Waals surface area (Å²) in [4.78, 5) is 4.44. The summed E-state index contributed by atoms with van der Waals surface area (Å²) in [6.07, 6.45) is 0. The van der Waals surface area contributed by atoms with E-state index in [9.17, 15) is 9.50 Å². The Morgan fingerprint density at radius 2 is 2.00 bits per heavy atom. The van der Waals surface area contributed by atoms with Gasteiger partial charge in [-0.25, -0.2) is 9.37 Å². The molecule has 0 atom stereocenters. The van der Waals surface area contributed by atoms with Crippen molar-refractivity contribution < 1.29 is 14.2 Å². The molecule has 0 saturated carbocycles. The topological polar surface area (TPSA) is 47.3 Å². The van der Waals surface area contributed by atoms with Gasteiger partial charge in [-0.1, -0.05) is 0 Å². The molecule has 3 aromatic rings. The maximum absolute atomic E-state index is 14.0. The molecule has 0 amide bonds. The van der Waals surface area contributed by atoms with Gasteiger partial charge in [0.15, 0.2) is 0 Å². The van der Waals surface area contributed by atoms with Gasteiger partial charge in [0, 0.05) is 19.2 Å². The lowest BCUT2D eigenvalue weighted by Crippen LogP contribution is -1.94. The summed E-state index contributed by atoms with van der Waals surface area (Å²) in [7, 11) is 3.41. The molecule has 0 unspecified atom stereocenters. The fraction of sp³-hybridized carbons (Fsp3) is 0.133. The van der Waals surface area contributed by atoms with Crippen LogP contribution in [0.25, 0.3) is 22.4 Å². The molecule has 1 aromatic heterocycles. The maximum atomic E-state index is 14.0. The molecule has 0 bridgehead atoms. The quantitative estimate of drug-likeness (QED) is 0.779. The molecule has 0 aliphatic carbocycles. The van der Waals surface area contributed by atoms with Gasteiger partial charge in [-0.3, -0.25) is 0 Å². The van der Waals surface area contributed by atoms with E-state index in [0.717, 1.165) is 17.1 Å². The van der Waals surface area contributed by atoms with Crippen molar-refractivity contribution in [2.75, 3.05) is 7.11 Å². The summed E-state index contributed by atoms with van der Waals surface area (Å²) in [5.41, 5.74) is 1.96. The van der Waals surface area contributed by atoms with Gasteiger partial charge in [0.1, 0.15) is 23.1 Å². The van der Waals surface area contributed by atoms with Crippen molar-refractivity contribution in [2.45, 2.75) is 0 Å². The van der Waals surface area contributed by atoms with Gasteiger partial charge in [0.05, 0.1) is 23.7 Å². The Balaban J connectivity index is 2.23. The fourth-order valence-electron chi connectivity index (χ4n) is 2.23. The molecule has 0 spiro atoms. The zero-order valence-electron chi connectivity index (χ0n) is 11.1. The maximum Gasteiger partial charge on any atom is 0.143 e. The van der Waals surface area contributed by atoms with Crippen LogP contribution < -0.4 is 4.74 Å². The first-order chi connectivity index (χ1) is 9.60. The Labute approximate surface area is 115 Å². The van der Waals surface area contributed by atoms with Crippen LogP contribution in [-0.2, 0) is 7.05 Å². The van der Waals surface area contributed by atoms with Gasteiger partial charge < -0.3 is 14.4 Å². The molecule has 102 valence electrons. The molecule has 5 heteroatoms. The molecule has 0 fully saturated rings. The molecular weight excluding hydrogens is 259 g/mol. The number of methoxy groups -OCH3 is 1. The normalized spacial score (nSPS) is 10.9. The number of hydrogen-bond acceptors (Lipinski definition) is 3. The van der Waals surface area contributed by atoms with Crippen LogP contribution in [0.1, 0.15) is 0 Å². The van der Waals surface area contributed by atoms with Crippen molar-refractivity contribution >= 4 is 11.0 Å². The zero-order valence-corrected chi connectivity index (χ0v) is 11.1. The minimum Gasteiger partial charge on any atom is -0.508 e. The third-order valence-electron chi connectivity index (χ3n) is 3.28. The number of hydrogen-bond donors (Lipinski definition) is 1. The van der Waals surface area contributed by atoms with E-state index in [4.69, 9.17) is 4.74 Å². The molecular formula is C15H13FN2O2. The van der Waals surface area contributed by atoms with E-state index in [1.54, 1.807) is 13.2 Å². The van der Waals surface area contributed by atoms with Crippen molar-refractivity contribution in [3.63, 3.8) is 0 Å². The van der Waals surface area contributed by atoms with E-state index in [0.29, 0.717) is 17.1 Å². The fourth-order valence-corrected chi connectivity index (χ4v) is 2.23. The van der Waals surface area contributed by atoms with Crippen LogP contribution in [0.15, 0.2) is 36.4 Å². The minimum absolute atomic E-state index is 0.105. The van der Waals surface area contributed by atoms with E-state index in [2.05, 4.69) is 4.98 Å². The number of nitrogens with zero attached hydrogens (tertiary/aromatic N) is 2. The summed E-state index contributed by atoms with van der Waals surface area (Å²) in [6.45, 7) is 0. The summed E-state index contributed by atoms with van der Waals surface area (Å²) in [5.74, 6) is 0.598. The van der Waals surface area contributed by atoms with Gasteiger partial charge in [0.2, 0.25) is 0 Å². The highest BCUT2D eigenvalue weighted by molar-refractivity contribution is 5.82. The molecule has 1 N–H and O–H groups in total. The predicted octanol–water partition coefficient (Wildman–Crippen LogP) is 3.09. The third kappa shape index (κ3) is 1.87. The Hall–Kier alpha value is -2.56. The van der Waals surface area contributed by atoms with E-state index >= 15 is 0 Å². The largest absolute Gasteiger partial charge is 0.508 e. The lowest BCUT2D eigenvalue weighted by molar-refractivity contribution is 0.415. The molecule has 0 aliphatic heterocycles. The van der Waals surface area contributed by atoms with Crippen molar-refractivity contribution in [3.8, 4) is 22.9 Å². The number of halogens is 1. The summed E-state index contributed by atoms with van der Waals surface area (Å²) in [6, 6.07) is 9.55. The zero-order chi connectivity index (χ0) is 14.3. The number of benzene rings is 2. The monoisotopic (exact) mass is 272 g/mol. The second-order valence-electron chi connectivity index (χ2n) is 4.51. The van der Waals surface area contributed by atoms with Crippen LogP contribution >= 0.6 is 0 Å². The Kier molecular flexibility index (Phi) is 2.82. The number of imidazole rings is 1. The van der Waals surface area contributed by atoms with Gasteiger partial charge in [-0.05, 0) is 24.3 Å². The first-order valence-corrected chi connectivity index (χ1v) is 6.09. The Morgan fingerprint density at radius 3 is 2.70 bits per heavy atom. The van der Waals surface area contributed by atoms with Crippen LogP contribution in [0.3, 0.4) is 0 Å². The Bertz CT molecular complexity index is 796. The standard InChI is InChI=1S/C15H13FN2O2/c1-18-14-6-4-10(20-2)8-13(14)17-15(18)11-5-3-9(19)7-12(11)16/h3-8,19H,1-2H3. The number of aromatic nitrogens is 2. The van der Waals surface area contributed by atoms with Crippen LogP contribution in [0, 0.1) is 5.82 Å². The van der Waals surface area contributed by atoms with Crippen LogP contribution in [0.4, 0.5) is 4.39 Å². The van der Waals surface area contributed by atoms with Gasteiger partial charge in [-0.15, -0.1) is 0 Å². The molecule has 4 nitrogen and oxygen atoms in total. The van der Waals surface area contributed by atoms with Crippen molar-refractivity contribution in [1.82, 2.24) is 9.55 Å². The van der Waals surface area contributed by atoms with Gasteiger partial charge in [0.25, 0.3) is 0 Å². The van der Waals surface area contributed by atoms with Gasteiger partial charge >= 0.3 is 0 Å². The highest BCUT2D eigenvalue weighted by Gasteiger charge is 2.14. The summed E-state index contributed by atoms with van der Waals surface area (Å²) < 4.78 is 20.9. The number of fused-ring (bicyclic) bond motifs is 1. The lowest BCUT2D eigenvalue weighted by atomic mass is 10.2. The number of aryl methyl sites for hydroxylation is 1. The number of phenolic OH excluding ortho intramolecular Hbond substituents is 1. The van der Waals surface area contributed by atoms with Crippen LogP contribution in [-0.4, -0.2) is 21.8 Å². The molecule has 3 rings (SSSR count). The second kappa shape index (κ2) is 4.52. The van der Waals surface area contributed by atoms with Crippen molar-refractivity contribution in [1.29, 1.82) is 0 Å². The van der Waals surface area contributed by atoms with E-state index in [1.165, 1.54) is 12.1 Å². The van der Waals surface area contributed by atoms with E-state index in [1.807, 2.05) is 23.7 Å². The predicted molar refractivity (Wildman–Crippen MR) is 74.3 cm³/mol. The average Bonchev–Trinajstić information content (AvgIpc) is 2.75. The van der Waals surface area contributed by atoms with Crippen molar-refractivity contribution in [2.24, 2.45) is 7.05 Å². The smallest absolute Gasteiger partial charge is 0.143 e. The molecule has 0 radical (unpaired) electrons. The molecule has 0 aliphatic rings. The van der Waals surface area contributed by atoms with E-state index in [-0.39, 0.29) is 5.75 Å². The van der Waals surface area contributed by atoms with Crippen LogP contribution in [0.2, 0.25) is 0 Å². The lowest BCUT2D eigenvalue weighted by Gasteiger charge is -2.04. The number of aromatic hydroxyl groups is 1. The minimum atomic E-state index is -0.504. The Morgan fingerprint density at radius 1 is 1.20 bits per heavy atom. The summed E-state index contributed by atoms with van der Waals surface area (Å²) >= 11 is 0. The first-order valence-electron chi connectivity index (χ1n) is 6.09. The van der Waals surface area contributed by atoms with Gasteiger partial charge in [-0.2, -0.15) is 0 Å². The molecule has 2 aromatic carbocycles. The number of ether oxygens (including phenoxy) is 1. The molecule has 1 heterocycles. The third-order valence-corrected chi connectivity index (χ3v) is 3.28. The highest BCUT2D eigenvalue weighted by atomic mass is 19.1. The number of phenols is 1. The first kappa shape index (κ1) is 12.5. The van der Waals surface area contributed by atoms with E-state index < -0.39 is 5.82 Å². The highest BCUT2D eigenvalue weighted by Crippen LogP contribution is 2.29. The van der Waals surface area contributed by atoms with Crippen LogP contribution in [0.5, 0.6) is 11.5 Å². The SMILES string of the molecule is COc1ccc2c(c1)nc(-c1ccc(O)cc1F)n2C. The molecule has 0 saturated heterocycles. The van der Waals surface area contributed by atoms with Crippen molar-refractivity contribution in [3.05, 3.63) is 42.2 Å². The summed E-state index contributed by atoms with van der Waals surface area (Å²) in [5, 5.41) is 9.28. The number of rotatable bonds is 2. The average molecular weight is 272 g/mol.